The van der Waals surface area contributed by atoms with Gasteiger partial charge in [-0.3, -0.25) is 9.59 Å². The monoisotopic (exact) mass is 534 g/mol. The number of carbonyl (C=O) groups is 2. The van der Waals surface area contributed by atoms with Crippen molar-refractivity contribution in [3.63, 3.8) is 0 Å². The fraction of sp³-hybridized carbons (Fsp3) is 0.909. The van der Waals surface area contributed by atoms with Crippen molar-refractivity contribution in [2.75, 3.05) is 6.61 Å². The van der Waals surface area contributed by atoms with Crippen LogP contribution < -0.4 is 0 Å². The molecule has 0 saturated heterocycles. The van der Waals surface area contributed by atoms with Gasteiger partial charge in [-0.15, -0.1) is 0 Å². The predicted molar refractivity (Wildman–Crippen MR) is 110 cm³/mol. The molecule has 210 valence electrons. The Morgan fingerprint density at radius 3 is 1.31 bits per heavy atom. The molecule has 0 aliphatic heterocycles. The number of halogens is 9. The van der Waals surface area contributed by atoms with E-state index in [1.807, 2.05) is 41.5 Å². The molecule has 4 nitrogen and oxygen atoms in total. The average Bonchev–Trinajstić information content (AvgIpc) is 2.65. The SMILES string of the molecule is CCC(C)(C)C(=O)OC(C)(C)C.CCC(C)(C)C(=O)OCCC(F)(F)C(F)(F)C(F)(F)C(F)(F)F. The molecule has 0 bridgehead atoms. The number of alkyl halides is 9. The molecular formula is C22H35F9O4. The van der Waals surface area contributed by atoms with Gasteiger partial charge in [-0.2, -0.15) is 39.5 Å². The van der Waals surface area contributed by atoms with E-state index in [2.05, 4.69) is 4.74 Å². The summed E-state index contributed by atoms with van der Waals surface area (Å²) in [5.41, 5.74) is -1.87. The summed E-state index contributed by atoms with van der Waals surface area (Å²) < 4.78 is 122. The van der Waals surface area contributed by atoms with E-state index >= 15 is 0 Å². The zero-order valence-electron chi connectivity index (χ0n) is 21.4. The summed E-state index contributed by atoms with van der Waals surface area (Å²) in [6.45, 7) is 14.3. The largest absolute Gasteiger partial charge is 0.465 e. The van der Waals surface area contributed by atoms with Crippen LogP contribution in [0.5, 0.6) is 0 Å². The lowest BCUT2D eigenvalue weighted by Gasteiger charge is -2.33. The van der Waals surface area contributed by atoms with Crippen molar-refractivity contribution in [2.24, 2.45) is 10.8 Å². The second-order valence-corrected chi connectivity index (χ2v) is 10.2. The van der Waals surface area contributed by atoms with Crippen molar-refractivity contribution < 1.29 is 58.6 Å². The third-order valence-electron chi connectivity index (χ3n) is 5.13. The maximum atomic E-state index is 13.1. The molecule has 0 saturated carbocycles. The standard InChI is InChI=1S/C12H15F9O2.C10H20O2/c1-4-8(2,3)7(22)23-6-5-9(13,14)10(15,16)11(17,18)12(19,20)21;1-7-10(5,6)8(11)12-9(2,3)4/h4-6H2,1-3H3;7H2,1-6H3. The summed E-state index contributed by atoms with van der Waals surface area (Å²) in [4.78, 5) is 22.9. The molecule has 0 atom stereocenters. The van der Waals surface area contributed by atoms with Gasteiger partial charge in [0, 0.05) is 0 Å². The lowest BCUT2D eigenvalue weighted by Crippen LogP contribution is -2.61. The Morgan fingerprint density at radius 2 is 1.00 bits per heavy atom. The third-order valence-corrected chi connectivity index (χ3v) is 5.13. The zero-order valence-corrected chi connectivity index (χ0v) is 21.4. The Bertz CT molecular complexity index is 707. The van der Waals surface area contributed by atoms with Crippen molar-refractivity contribution in [1.29, 1.82) is 0 Å². The Hall–Kier alpha value is -1.69. The highest BCUT2D eigenvalue weighted by Gasteiger charge is 2.81. The van der Waals surface area contributed by atoms with E-state index in [0.29, 0.717) is 0 Å². The van der Waals surface area contributed by atoms with Crippen LogP contribution in [0.25, 0.3) is 0 Å². The molecule has 0 fully saturated rings. The summed E-state index contributed by atoms with van der Waals surface area (Å²) in [6, 6.07) is 0. The van der Waals surface area contributed by atoms with Gasteiger partial charge in [-0.05, 0) is 61.3 Å². The number of hydrogen-bond acceptors (Lipinski definition) is 4. The second-order valence-electron chi connectivity index (χ2n) is 10.2. The highest BCUT2D eigenvalue weighted by molar-refractivity contribution is 5.76. The molecular weight excluding hydrogens is 499 g/mol. The number of hydrogen-bond donors (Lipinski definition) is 0. The molecule has 0 aromatic carbocycles. The van der Waals surface area contributed by atoms with Crippen LogP contribution in [0.1, 0.15) is 81.6 Å². The molecule has 0 amide bonds. The minimum Gasteiger partial charge on any atom is -0.465 e. The van der Waals surface area contributed by atoms with Crippen LogP contribution in [0.2, 0.25) is 0 Å². The van der Waals surface area contributed by atoms with E-state index in [1.165, 1.54) is 20.8 Å². The first-order chi connectivity index (χ1) is 15.1. The van der Waals surface area contributed by atoms with Crippen molar-refractivity contribution in [3.8, 4) is 0 Å². The molecule has 0 radical (unpaired) electrons. The summed E-state index contributed by atoms with van der Waals surface area (Å²) >= 11 is 0. The Labute approximate surface area is 199 Å². The zero-order chi connectivity index (χ0) is 28.9. The van der Waals surface area contributed by atoms with Crippen LogP contribution in [-0.2, 0) is 19.1 Å². The van der Waals surface area contributed by atoms with Gasteiger partial charge in [-0.1, -0.05) is 13.8 Å². The van der Waals surface area contributed by atoms with Crippen LogP contribution >= 0.6 is 0 Å². The maximum absolute atomic E-state index is 13.1. The topological polar surface area (TPSA) is 52.6 Å². The maximum Gasteiger partial charge on any atom is 0.460 e. The molecule has 0 aromatic rings. The summed E-state index contributed by atoms with van der Waals surface area (Å²) in [7, 11) is 0. The van der Waals surface area contributed by atoms with Gasteiger partial charge < -0.3 is 9.47 Å². The van der Waals surface area contributed by atoms with Gasteiger partial charge in [-0.25, -0.2) is 0 Å². The first-order valence-electron chi connectivity index (χ1n) is 10.7. The molecule has 0 aliphatic rings. The minimum absolute atomic E-state index is 0.113. The lowest BCUT2D eigenvalue weighted by molar-refractivity contribution is -0.397. The Kier molecular flexibility index (Phi) is 11.7. The van der Waals surface area contributed by atoms with Crippen molar-refractivity contribution in [1.82, 2.24) is 0 Å². The number of rotatable bonds is 9. The molecule has 0 N–H and O–H groups in total. The summed E-state index contributed by atoms with van der Waals surface area (Å²) in [6.07, 6.45) is -8.04. The van der Waals surface area contributed by atoms with E-state index < -0.39 is 48.4 Å². The van der Waals surface area contributed by atoms with E-state index in [1.54, 1.807) is 0 Å². The average molecular weight is 535 g/mol. The van der Waals surface area contributed by atoms with E-state index in [0.717, 1.165) is 6.42 Å². The molecule has 0 aliphatic carbocycles. The Balaban J connectivity index is 0. The van der Waals surface area contributed by atoms with Gasteiger partial charge in [0.1, 0.15) is 5.60 Å². The van der Waals surface area contributed by atoms with E-state index in [-0.39, 0.29) is 23.4 Å². The van der Waals surface area contributed by atoms with Gasteiger partial charge in [0.05, 0.1) is 23.9 Å². The fourth-order valence-corrected chi connectivity index (χ4v) is 1.74. The van der Waals surface area contributed by atoms with Crippen molar-refractivity contribution in [3.05, 3.63) is 0 Å². The first kappa shape index (κ1) is 35.5. The smallest absolute Gasteiger partial charge is 0.460 e. The van der Waals surface area contributed by atoms with Crippen LogP contribution in [0, 0.1) is 10.8 Å². The number of carbonyl (C=O) groups excluding carboxylic acids is 2. The molecule has 0 aromatic heterocycles. The first-order valence-corrected chi connectivity index (χ1v) is 10.7. The summed E-state index contributed by atoms with van der Waals surface area (Å²) in [5.74, 6) is -20.5. The second kappa shape index (κ2) is 11.6. The lowest BCUT2D eigenvalue weighted by atomic mass is 9.90. The molecule has 0 unspecified atom stereocenters. The fourth-order valence-electron chi connectivity index (χ4n) is 1.74. The normalized spacial score (nSPS) is 14.1. The molecule has 35 heavy (non-hydrogen) atoms. The third kappa shape index (κ3) is 9.70. The minimum atomic E-state index is -6.93. The van der Waals surface area contributed by atoms with Crippen LogP contribution in [-0.4, -0.2) is 48.1 Å². The van der Waals surface area contributed by atoms with Gasteiger partial charge in [0.25, 0.3) is 0 Å². The van der Waals surface area contributed by atoms with Gasteiger partial charge >= 0.3 is 35.9 Å². The van der Waals surface area contributed by atoms with Gasteiger partial charge in [0.15, 0.2) is 0 Å². The number of ether oxygens (including phenoxy) is 2. The quantitative estimate of drug-likeness (QED) is 0.226. The molecule has 0 heterocycles. The number of esters is 2. The van der Waals surface area contributed by atoms with E-state index in [9.17, 15) is 49.1 Å². The highest BCUT2D eigenvalue weighted by Crippen LogP contribution is 2.54. The predicted octanol–water partition coefficient (Wildman–Crippen LogP) is 7.59. The van der Waals surface area contributed by atoms with Crippen molar-refractivity contribution in [2.45, 2.75) is 111 Å². The molecule has 0 rings (SSSR count). The molecule has 0 spiro atoms. The van der Waals surface area contributed by atoms with Crippen LogP contribution in [0.4, 0.5) is 39.5 Å². The van der Waals surface area contributed by atoms with Crippen LogP contribution in [0.3, 0.4) is 0 Å². The molecule has 13 heteroatoms. The Morgan fingerprint density at radius 1 is 0.629 bits per heavy atom. The van der Waals surface area contributed by atoms with Gasteiger partial charge in [0.2, 0.25) is 0 Å². The van der Waals surface area contributed by atoms with Crippen LogP contribution in [0.15, 0.2) is 0 Å². The van der Waals surface area contributed by atoms with E-state index in [4.69, 9.17) is 4.74 Å². The highest BCUT2D eigenvalue weighted by atomic mass is 19.4. The summed E-state index contributed by atoms with van der Waals surface area (Å²) in [5, 5.41) is 0. The van der Waals surface area contributed by atoms with Crippen molar-refractivity contribution >= 4 is 11.9 Å².